The lowest BCUT2D eigenvalue weighted by atomic mass is 10.1. The smallest absolute Gasteiger partial charge is 0.265 e. The molecule has 0 spiro atoms. The zero-order valence-corrected chi connectivity index (χ0v) is 13.7. The molecule has 0 saturated heterocycles. The maximum absolute atomic E-state index is 12.0. The first kappa shape index (κ1) is 15.3. The summed E-state index contributed by atoms with van der Waals surface area (Å²) in [5, 5.41) is 8.18. The van der Waals surface area contributed by atoms with E-state index in [2.05, 4.69) is 41.8 Å². The largest absolute Gasteiger partial charge is 0.381 e. The number of benzene rings is 2. The van der Waals surface area contributed by atoms with Crippen LogP contribution in [0.2, 0.25) is 0 Å². The molecule has 0 bridgehead atoms. The molecule has 1 amide bonds. The van der Waals surface area contributed by atoms with Crippen molar-refractivity contribution >= 4 is 28.6 Å². The summed E-state index contributed by atoms with van der Waals surface area (Å²) in [4.78, 5) is 12.7. The number of aryl methyl sites for hydroxylation is 1. The molecular weight excluding hydrogens is 304 g/mol. The normalized spacial score (nSPS) is 10.3. The highest BCUT2D eigenvalue weighted by Gasteiger charge is 2.06. The van der Waals surface area contributed by atoms with E-state index in [1.807, 2.05) is 41.8 Å². The van der Waals surface area contributed by atoms with Crippen molar-refractivity contribution in [3.05, 3.63) is 82.0 Å². The SMILES string of the molecule is Cc1cccc(CNc2ccc(NC(=O)c3cccs3)cc2)c1. The molecule has 1 aromatic heterocycles. The van der Waals surface area contributed by atoms with Crippen LogP contribution >= 0.6 is 11.3 Å². The summed E-state index contributed by atoms with van der Waals surface area (Å²) < 4.78 is 0. The average Bonchev–Trinajstić information content (AvgIpc) is 3.09. The summed E-state index contributed by atoms with van der Waals surface area (Å²) >= 11 is 1.44. The van der Waals surface area contributed by atoms with Crippen LogP contribution < -0.4 is 10.6 Å². The number of rotatable bonds is 5. The van der Waals surface area contributed by atoms with Crippen molar-refractivity contribution in [1.82, 2.24) is 0 Å². The monoisotopic (exact) mass is 322 g/mol. The van der Waals surface area contributed by atoms with Crippen molar-refractivity contribution in [2.45, 2.75) is 13.5 Å². The molecule has 0 fully saturated rings. The predicted molar refractivity (Wildman–Crippen MR) is 97.2 cm³/mol. The van der Waals surface area contributed by atoms with Gasteiger partial charge in [0.2, 0.25) is 0 Å². The second-order valence-corrected chi connectivity index (χ2v) is 6.30. The van der Waals surface area contributed by atoms with Crippen LogP contribution in [-0.2, 0) is 6.54 Å². The van der Waals surface area contributed by atoms with E-state index in [9.17, 15) is 4.79 Å². The third-order valence-corrected chi connectivity index (χ3v) is 4.34. The standard InChI is InChI=1S/C19H18N2OS/c1-14-4-2-5-15(12-14)13-20-16-7-9-17(10-8-16)21-19(22)18-6-3-11-23-18/h2-12,20H,13H2,1H3,(H,21,22). The quantitative estimate of drug-likeness (QED) is 0.700. The Morgan fingerprint density at radius 1 is 1.00 bits per heavy atom. The van der Waals surface area contributed by atoms with E-state index >= 15 is 0 Å². The Hall–Kier alpha value is -2.59. The van der Waals surface area contributed by atoms with Gasteiger partial charge in [-0.25, -0.2) is 0 Å². The molecule has 3 rings (SSSR count). The Labute approximate surface area is 140 Å². The summed E-state index contributed by atoms with van der Waals surface area (Å²) in [7, 11) is 0. The van der Waals surface area contributed by atoms with Crippen molar-refractivity contribution in [1.29, 1.82) is 0 Å². The molecule has 0 radical (unpaired) electrons. The molecule has 3 aromatic rings. The minimum Gasteiger partial charge on any atom is -0.381 e. The van der Waals surface area contributed by atoms with Crippen LogP contribution in [0.1, 0.15) is 20.8 Å². The topological polar surface area (TPSA) is 41.1 Å². The molecule has 1 heterocycles. The Morgan fingerprint density at radius 2 is 1.78 bits per heavy atom. The predicted octanol–water partition coefficient (Wildman–Crippen LogP) is 4.92. The number of anilines is 2. The van der Waals surface area contributed by atoms with Gasteiger partial charge in [0.05, 0.1) is 4.88 Å². The molecular formula is C19H18N2OS. The summed E-state index contributed by atoms with van der Waals surface area (Å²) in [6, 6.07) is 19.9. The van der Waals surface area contributed by atoms with Crippen LogP contribution in [0.15, 0.2) is 66.0 Å². The first-order valence-electron chi connectivity index (χ1n) is 7.45. The highest BCUT2D eigenvalue weighted by Crippen LogP contribution is 2.17. The molecule has 0 unspecified atom stereocenters. The van der Waals surface area contributed by atoms with E-state index in [1.165, 1.54) is 22.5 Å². The van der Waals surface area contributed by atoms with Gasteiger partial charge in [0, 0.05) is 17.9 Å². The number of amides is 1. The van der Waals surface area contributed by atoms with Crippen molar-refractivity contribution in [3.63, 3.8) is 0 Å². The van der Waals surface area contributed by atoms with Gasteiger partial charge in [-0.2, -0.15) is 0 Å². The van der Waals surface area contributed by atoms with Crippen LogP contribution in [0, 0.1) is 6.92 Å². The van der Waals surface area contributed by atoms with Crippen molar-refractivity contribution in [3.8, 4) is 0 Å². The number of hydrogen-bond donors (Lipinski definition) is 2. The third-order valence-electron chi connectivity index (χ3n) is 3.47. The Bertz CT molecular complexity index is 779. The lowest BCUT2D eigenvalue weighted by Crippen LogP contribution is -2.10. The average molecular weight is 322 g/mol. The van der Waals surface area contributed by atoms with Crippen LogP contribution in [0.25, 0.3) is 0 Å². The van der Waals surface area contributed by atoms with Crippen molar-refractivity contribution in [2.24, 2.45) is 0 Å². The van der Waals surface area contributed by atoms with Gasteiger partial charge in [0.1, 0.15) is 0 Å². The van der Waals surface area contributed by atoms with Gasteiger partial charge in [0.25, 0.3) is 5.91 Å². The molecule has 0 aliphatic heterocycles. The molecule has 0 aliphatic carbocycles. The van der Waals surface area contributed by atoms with Crippen LogP contribution in [0.3, 0.4) is 0 Å². The van der Waals surface area contributed by atoms with Gasteiger partial charge < -0.3 is 10.6 Å². The van der Waals surface area contributed by atoms with Crippen molar-refractivity contribution in [2.75, 3.05) is 10.6 Å². The Balaban J connectivity index is 1.58. The molecule has 0 atom stereocenters. The zero-order valence-electron chi connectivity index (χ0n) is 12.9. The number of nitrogens with one attached hydrogen (secondary N) is 2. The summed E-state index contributed by atoms with van der Waals surface area (Å²) in [6.07, 6.45) is 0. The van der Waals surface area contributed by atoms with E-state index in [1.54, 1.807) is 0 Å². The molecule has 0 aliphatic rings. The Morgan fingerprint density at radius 3 is 2.48 bits per heavy atom. The molecule has 4 heteroatoms. The number of carbonyl (C=O) groups excluding carboxylic acids is 1. The summed E-state index contributed by atoms with van der Waals surface area (Å²) in [5.41, 5.74) is 4.33. The van der Waals surface area contributed by atoms with Gasteiger partial charge in [-0.15, -0.1) is 11.3 Å². The maximum Gasteiger partial charge on any atom is 0.265 e. The van der Waals surface area contributed by atoms with Crippen LogP contribution in [0.4, 0.5) is 11.4 Å². The molecule has 3 nitrogen and oxygen atoms in total. The number of hydrogen-bond acceptors (Lipinski definition) is 3. The highest BCUT2D eigenvalue weighted by molar-refractivity contribution is 7.12. The summed E-state index contributed by atoms with van der Waals surface area (Å²) in [6.45, 7) is 2.87. The van der Waals surface area contributed by atoms with Gasteiger partial charge in [0.15, 0.2) is 0 Å². The van der Waals surface area contributed by atoms with Crippen molar-refractivity contribution < 1.29 is 4.79 Å². The van der Waals surface area contributed by atoms with E-state index in [0.29, 0.717) is 4.88 Å². The minimum atomic E-state index is -0.0690. The van der Waals surface area contributed by atoms with Gasteiger partial charge in [-0.1, -0.05) is 35.9 Å². The summed E-state index contributed by atoms with van der Waals surface area (Å²) in [5.74, 6) is -0.0690. The van der Waals surface area contributed by atoms with Gasteiger partial charge in [-0.3, -0.25) is 4.79 Å². The highest BCUT2D eigenvalue weighted by atomic mass is 32.1. The maximum atomic E-state index is 12.0. The van der Waals surface area contributed by atoms with E-state index < -0.39 is 0 Å². The fraction of sp³-hybridized carbons (Fsp3) is 0.105. The molecule has 23 heavy (non-hydrogen) atoms. The second-order valence-electron chi connectivity index (χ2n) is 5.35. The lowest BCUT2D eigenvalue weighted by molar-refractivity contribution is 0.103. The van der Waals surface area contributed by atoms with E-state index in [-0.39, 0.29) is 5.91 Å². The van der Waals surface area contributed by atoms with E-state index in [4.69, 9.17) is 0 Å². The fourth-order valence-electron chi connectivity index (χ4n) is 2.30. The third kappa shape index (κ3) is 4.20. The van der Waals surface area contributed by atoms with Gasteiger partial charge >= 0.3 is 0 Å². The van der Waals surface area contributed by atoms with E-state index in [0.717, 1.165) is 17.9 Å². The molecule has 2 aromatic carbocycles. The first-order chi connectivity index (χ1) is 11.2. The fourth-order valence-corrected chi connectivity index (χ4v) is 2.92. The molecule has 0 saturated carbocycles. The zero-order chi connectivity index (χ0) is 16.1. The first-order valence-corrected chi connectivity index (χ1v) is 8.33. The lowest BCUT2D eigenvalue weighted by Gasteiger charge is -2.09. The number of carbonyl (C=O) groups is 1. The minimum absolute atomic E-state index is 0.0690. The second kappa shape index (κ2) is 7.11. The number of thiophene rings is 1. The Kier molecular flexibility index (Phi) is 4.74. The molecule has 116 valence electrons. The van der Waals surface area contributed by atoms with Crippen LogP contribution in [0.5, 0.6) is 0 Å². The molecule has 2 N–H and O–H groups in total. The van der Waals surface area contributed by atoms with Crippen LogP contribution in [-0.4, -0.2) is 5.91 Å². The van der Waals surface area contributed by atoms with Gasteiger partial charge in [-0.05, 0) is 48.2 Å².